The van der Waals surface area contributed by atoms with Crippen LogP contribution in [0.4, 0.5) is 5.95 Å². The van der Waals surface area contributed by atoms with Gasteiger partial charge in [0.15, 0.2) is 0 Å². The zero-order chi connectivity index (χ0) is 20.1. The highest BCUT2D eigenvalue weighted by molar-refractivity contribution is 5.93. The summed E-state index contributed by atoms with van der Waals surface area (Å²) in [4.78, 5) is 30.6. The topological polar surface area (TPSA) is 55.8 Å². The van der Waals surface area contributed by atoms with Gasteiger partial charge in [-0.15, -0.1) is 0 Å². The van der Waals surface area contributed by atoms with Crippen LogP contribution >= 0.6 is 0 Å². The third-order valence-electron chi connectivity index (χ3n) is 5.90. The molecule has 1 aromatic carbocycles. The predicted octanol–water partition coefficient (Wildman–Crippen LogP) is 1.58. The van der Waals surface area contributed by atoms with Gasteiger partial charge >= 0.3 is 0 Å². The van der Waals surface area contributed by atoms with E-state index in [0.29, 0.717) is 5.56 Å². The number of carbonyl (C=O) groups excluding carboxylic acids is 1. The maximum atomic E-state index is 12.7. The molecule has 0 bridgehead atoms. The summed E-state index contributed by atoms with van der Waals surface area (Å²) in [5.74, 6) is 0.761. The first kappa shape index (κ1) is 19.8. The Balaban J connectivity index is 1.29. The average Bonchev–Trinajstić information content (AvgIpc) is 2.80. The molecule has 7 nitrogen and oxygen atoms in total. The standard InChI is InChI=1S/C22H30N6O/c1-2-25-8-12-27(13-9-25)21(29)20-16-23-22(24-17-20)28-14-10-26(11-15-28)18-19-6-4-3-5-7-19/h3-7,16-17H,2,8-15,18H2,1H3. The average molecular weight is 395 g/mol. The number of nitrogens with zero attached hydrogens (tertiary/aromatic N) is 6. The quantitative estimate of drug-likeness (QED) is 0.768. The Morgan fingerprint density at radius 1 is 0.862 bits per heavy atom. The van der Waals surface area contributed by atoms with Crippen molar-refractivity contribution < 1.29 is 4.79 Å². The van der Waals surface area contributed by atoms with Gasteiger partial charge in [-0.1, -0.05) is 37.3 Å². The van der Waals surface area contributed by atoms with Crippen LogP contribution in [-0.2, 0) is 6.54 Å². The molecule has 0 radical (unpaired) electrons. The lowest BCUT2D eigenvalue weighted by Gasteiger charge is -2.35. The van der Waals surface area contributed by atoms with Crippen LogP contribution in [0.15, 0.2) is 42.7 Å². The lowest BCUT2D eigenvalue weighted by atomic mass is 10.2. The van der Waals surface area contributed by atoms with Crippen LogP contribution in [0.3, 0.4) is 0 Å². The number of piperazine rings is 2. The van der Waals surface area contributed by atoms with Crippen LogP contribution in [0.5, 0.6) is 0 Å². The molecule has 2 aliphatic rings. The first-order chi connectivity index (χ1) is 14.2. The van der Waals surface area contributed by atoms with E-state index in [0.717, 1.165) is 71.4 Å². The third kappa shape index (κ3) is 4.92. The minimum Gasteiger partial charge on any atom is -0.338 e. The van der Waals surface area contributed by atoms with Gasteiger partial charge < -0.3 is 14.7 Å². The number of rotatable bonds is 5. The van der Waals surface area contributed by atoms with Crippen LogP contribution in [0.1, 0.15) is 22.8 Å². The summed E-state index contributed by atoms with van der Waals surface area (Å²) in [5, 5.41) is 0. The van der Waals surface area contributed by atoms with E-state index in [9.17, 15) is 4.79 Å². The fourth-order valence-electron chi connectivity index (χ4n) is 3.99. The number of hydrogen-bond donors (Lipinski definition) is 0. The van der Waals surface area contributed by atoms with E-state index in [1.807, 2.05) is 4.90 Å². The second kappa shape index (κ2) is 9.33. The highest BCUT2D eigenvalue weighted by Crippen LogP contribution is 2.14. The second-order valence-corrected chi connectivity index (χ2v) is 7.75. The van der Waals surface area contributed by atoms with Crippen molar-refractivity contribution in [1.82, 2.24) is 24.7 Å². The van der Waals surface area contributed by atoms with Gasteiger partial charge in [0.05, 0.1) is 5.56 Å². The van der Waals surface area contributed by atoms with E-state index in [-0.39, 0.29) is 5.91 Å². The number of likely N-dealkylation sites (N-methyl/N-ethyl adjacent to an activating group) is 1. The summed E-state index contributed by atoms with van der Waals surface area (Å²) in [7, 11) is 0. The Labute approximate surface area is 172 Å². The van der Waals surface area contributed by atoms with E-state index >= 15 is 0 Å². The summed E-state index contributed by atoms with van der Waals surface area (Å²) in [6.45, 7) is 11.4. The van der Waals surface area contributed by atoms with E-state index < -0.39 is 0 Å². The van der Waals surface area contributed by atoms with Gasteiger partial charge in [-0.05, 0) is 12.1 Å². The number of anilines is 1. The summed E-state index contributed by atoms with van der Waals surface area (Å²) < 4.78 is 0. The molecule has 154 valence electrons. The molecule has 0 atom stereocenters. The van der Waals surface area contributed by atoms with Crippen molar-refractivity contribution >= 4 is 11.9 Å². The number of aromatic nitrogens is 2. The predicted molar refractivity (Wildman–Crippen MR) is 114 cm³/mol. The molecule has 2 aromatic rings. The van der Waals surface area contributed by atoms with Gasteiger partial charge in [0.2, 0.25) is 5.95 Å². The molecule has 2 aliphatic heterocycles. The number of carbonyl (C=O) groups is 1. The van der Waals surface area contributed by atoms with Gasteiger partial charge in [-0.25, -0.2) is 9.97 Å². The van der Waals surface area contributed by atoms with E-state index in [2.05, 4.69) is 61.9 Å². The Morgan fingerprint density at radius 3 is 2.10 bits per heavy atom. The number of benzene rings is 1. The van der Waals surface area contributed by atoms with E-state index in [4.69, 9.17) is 0 Å². The molecule has 7 heteroatoms. The first-order valence-electron chi connectivity index (χ1n) is 10.6. The van der Waals surface area contributed by atoms with Crippen molar-refractivity contribution in [2.24, 2.45) is 0 Å². The summed E-state index contributed by atoms with van der Waals surface area (Å²) in [5.41, 5.74) is 1.93. The monoisotopic (exact) mass is 394 g/mol. The normalized spacial score (nSPS) is 18.8. The molecule has 4 rings (SSSR count). The van der Waals surface area contributed by atoms with Crippen molar-refractivity contribution in [2.75, 3.05) is 63.8 Å². The minimum absolute atomic E-state index is 0.0417. The SMILES string of the molecule is CCN1CCN(C(=O)c2cnc(N3CCN(Cc4ccccc4)CC3)nc2)CC1. The van der Waals surface area contributed by atoms with Gasteiger partial charge in [0.1, 0.15) is 0 Å². The Hall–Kier alpha value is -2.51. The zero-order valence-corrected chi connectivity index (χ0v) is 17.2. The molecule has 0 unspecified atom stereocenters. The minimum atomic E-state index is 0.0417. The molecule has 0 saturated carbocycles. The number of hydrogen-bond acceptors (Lipinski definition) is 6. The largest absolute Gasteiger partial charge is 0.338 e. The second-order valence-electron chi connectivity index (χ2n) is 7.75. The highest BCUT2D eigenvalue weighted by Gasteiger charge is 2.23. The van der Waals surface area contributed by atoms with E-state index in [1.54, 1.807) is 12.4 Å². The van der Waals surface area contributed by atoms with Gasteiger partial charge in [0, 0.05) is 71.3 Å². The maximum absolute atomic E-state index is 12.7. The van der Waals surface area contributed by atoms with Crippen LogP contribution in [-0.4, -0.2) is 89.5 Å². The molecule has 0 aliphatic carbocycles. The number of amides is 1. The molecule has 1 amide bonds. The molecule has 2 saturated heterocycles. The molecular weight excluding hydrogens is 364 g/mol. The Kier molecular flexibility index (Phi) is 6.36. The maximum Gasteiger partial charge on any atom is 0.257 e. The fraction of sp³-hybridized carbons (Fsp3) is 0.500. The van der Waals surface area contributed by atoms with Crippen molar-refractivity contribution in [1.29, 1.82) is 0 Å². The molecule has 2 fully saturated rings. The Morgan fingerprint density at radius 2 is 1.48 bits per heavy atom. The molecule has 1 aromatic heterocycles. The van der Waals surface area contributed by atoms with Gasteiger partial charge in [0.25, 0.3) is 5.91 Å². The zero-order valence-electron chi connectivity index (χ0n) is 17.2. The van der Waals surface area contributed by atoms with Gasteiger partial charge in [-0.2, -0.15) is 0 Å². The highest BCUT2D eigenvalue weighted by atomic mass is 16.2. The first-order valence-corrected chi connectivity index (χ1v) is 10.6. The van der Waals surface area contributed by atoms with Crippen molar-refractivity contribution in [3.8, 4) is 0 Å². The van der Waals surface area contributed by atoms with Crippen LogP contribution < -0.4 is 4.90 Å². The summed E-state index contributed by atoms with van der Waals surface area (Å²) >= 11 is 0. The summed E-state index contributed by atoms with van der Waals surface area (Å²) in [6, 6.07) is 10.6. The molecule has 0 spiro atoms. The lowest BCUT2D eigenvalue weighted by molar-refractivity contribution is 0.0642. The van der Waals surface area contributed by atoms with Crippen molar-refractivity contribution in [2.45, 2.75) is 13.5 Å². The van der Waals surface area contributed by atoms with Crippen LogP contribution in [0.25, 0.3) is 0 Å². The van der Waals surface area contributed by atoms with E-state index in [1.165, 1.54) is 5.56 Å². The van der Waals surface area contributed by atoms with Crippen LogP contribution in [0.2, 0.25) is 0 Å². The van der Waals surface area contributed by atoms with Crippen LogP contribution in [0, 0.1) is 0 Å². The lowest BCUT2D eigenvalue weighted by Crippen LogP contribution is -2.48. The smallest absolute Gasteiger partial charge is 0.257 e. The third-order valence-corrected chi connectivity index (χ3v) is 5.90. The fourth-order valence-corrected chi connectivity index (χ4v) is 3.99. The summed E-state index contributed by atoms with van der Waals surface area (Å²) in [6.07, 6.45) is 3.38. The molecule has 3 heterocycles. The molecular formula is C22H30N6O. The Bertz CT molecular complexity index is 781. The van der Waals surface area contributed by atoms with Crippen molar-refractivity contribution in [3.63, 3.8) is 0 Å². The van der Waals surface area contributed by atoms with Gasteiger partial charge in [-0.3, -0.25) is 9.69 Å². The molecule has 29 heavy (non-hydrogen) atoms. The van der Waals surface area contributed by atoms with Crippen molar-refractivity contribution in [3.05, 3.63) is 53.9 Å². The molecule has 0 N–H and O–H groups in total.